The second kappa shape index (κ2) is 37.4. The first-order valence-corrected chi connectivity index (χ1v) is 15.9. The molecule has 0 rings (SSSR count). The van der Waals surface area contributed by atoms with Crippen molar-refractivity contribution in [3.8, 4) is 0 Å². The molecule has 0 N–H and O–H groups in total. The third-order valence-electron chi connectivity index (χ3n) is 4.97. The van der Waals surface area contributed by atoms with Gasteiger partial charge < -0.3 is 24.8 Å². The Labute approximate surface area is 215 Å². The molecular weight excluding hydrogens is 528 g/mol. The Bertz CT molecular complexity index is 185. The zero-order valence-electron chi connectivity index (χ0n) is 20.7. The number of hydrogen-bond acceptors (Lipinski definition) is 0. The summed E-state index contributed by atoms with van der Waals surface area (Å²) in [7, 11) is 0.843. The maximum Gasteiger partial charge on any atom is 2.00 e. The van der Waals surface area contributed by atoms with Gasteiger partial charge >= 0.3 is 20.4 Å². The van der Waals surface area contributed by atoms with E-state index in [1.807, 2.05) is 0 Å². The first-order chi connectivity index (χ1) is 12.7. The summed E-state index contributed by atoms with van der Waals surface area (Å²) < 4.78 is 0. The van der Waals surface area contributed by atoms with Crippen molar-refractivity contribution in [2.24, 2.45) is 0 Å². The van der Waals surface area contributed by atoms with E-state index in [9.17, 15) is 0 Å². The molecule has 0 unspecified atom stereocenters. The largest absolute Gasteiger partial charge is 2.00 e. The van der Waals surface area contributed by atoms with Gasteiger partial charge in [-0.25, -0.2) is 0 Å². The van der Waals surface area contributed by atoms with Gasteiger partial charge in [-0.15, -0.1) is 15.8 Å². The minimum Gasteiger partial charge on any atom is -1.00 e. The smallest absolute Gasteiger partial charge is 1.00 e. The molecule has 29 heavy (non-hydrogen) atoms. The Balaban J connectivity index is -0.000000120. The molecule has 0 fully saturated rings. The first-order valence-electron chi connectivity index (χ1n) is 12.1. The van der Waals surface area contributed by atoms with Crippen molar-refractivity contribution in [2.75, 3.05) is 37.0 Å². The zero-order chi connectivity index (χ0) is 19.9. The summed E-state index contributed by atoms with van der Waals surface area (Å²) in [5.41, 5.74) is 0. The standard InChI is InChI=1S/2C12H27P.2ClH.Pd/c2*1-4-7-10-13(11-8-5-2)12-9-6-3;;;/h2*4-12H2,1-3H3;2*1H;/q;;;;+2/p-2. The summed E-state index contributed by atoms with van der Waals surface area (Å²) in [6.45, 7) is 13.9. The van der Waals surface area contributed by atoms with Crippen LogP contribution in [0.5, 0.6) is 0 Å². The summed E-state index contributed by atoms with van der Waals surface area (Å²) in [6, 6.07) is 0. The molecule has 0 bridgehead atoms. The van der Waals surface area contributed by atoms with Gasteiger partial charge in [0.1, 0.15) is 0 Å². The molecule has 0 spiro atoms. The fraction of sp³-hybridized carbons (Fsp3) is 1.00. The second-order valence-electron chi connectivity index (χ2n) is 7.80. The van der Waals surface area contributed by atoms with Gasteiger partial charge in [0.15, 0.2) is 0 Å². The van der Waals surface area contributed by atoms with Crippen LogP contribution in [0, 0.1) is 0 Å². The van der Waals surface area contributed by atoms with E-state index in [1.165, 1.54) is 77.0 Å². The minimum atomic E-state index is 0. The molecule has 0 aliphatic carbocycles. The van der Waals surface area contributed by atoms with E-state index >= 15 is 0 Å². The second-order valence-corrected chi connectivity index (χ2v) is 13.2. The molecule has 0 aromatic heterocycles. The third kappa shape index (κ3) is 34.9. The fourth-order valence-electron chi connectivity index (χ4n) is 2.96. The maximum absolute atomic E-state index is 2.31. The van der Waals surface area contributed by atoms with Gasteiger partial charge in [-0.05, 0) is 75.5 Å². The molecule has 0 nitrogen and oxygen atoms in total. The Morgan fingerprint density at radius 3 is 0.586 bits per heavy atom. The van der Waals surface area contributed by atoms with Crippen LogP contribution >= 0.6 is 15.8 Å². The van der Waals surface area contributed by atoms with Gasteiger partial charge in [-0.3, -0.25) is 0 Å². The molecule has 0 aliphatic heterocycles. The molecule has 0 aromatic rings. The van der Waals surface area contributed by atoms with Crippen LogP contribution in [-0.2, 0) is 20.4 Å². The van der Waals surface area contributed by atoms with Crippen molar-refractivity contribution in [1.82, 2.24) is 0 Å². The average molecular weight is 582 g/mol. The van der Waals surface area contributed by atoms with Crippen molar-refractivity contribution in [3.05, 3.63) is 0 Å². The third-order valence-corrected chi connectivity index (χ3v) is 10.7. The Hall–Kier alpha value is 2.10. The molecule has 0 heterocycles. The molecule has 0 saturated heterocycles. The molecular formula is C24H54Cl2P2Pd. The number of halogens is 2. The van der Waals surface area contributed by atoms with Crippen LogP contribution < -0.4 is 24.8 Å². The van der Waals surface area contributed by atoms with E-state index in [1.54, 1.807) is 37.0 Å². The number of rotatable bonds is 18. The van der Waals surface area contributed by atoms with E-state index in [2.05, 4.69) is 41.5 Å². The van der Waals surface area contributed by atoms with E-state index in [0.29, 0.717) is 15.8 Å². The quantitative estimate of drug-likeness (QED) is 0.171. The molecule has 0 amide bonds. The Morgan fingerprint density at radius 2 is 0.483 bits per heavy atom. The van der Waals surface area contributed by atoms with Crippen LogP contribution in [-0.4, -0.2) is 37.0 Å². The summed E-state index contributed by atoms with van der Waals surface area (Å²) in [5.74, 6) is 0. The summed E-state index contributed by atoms with van der Waals surface area (Å²) in [5, 5.41) is 0. The Morgan fingerprint density at radius 1 is 0.345 bits per heavy atom. The van der Waals surface area contributed by atoms with Gasteiger partial charge in [0, 0.05) is 0 Å². The van der Waals surface area contributed by atoms with Gasteiger partial charge in [-0.1, -0.05) is 80.1 Å². The molecule has 0 atom stereocenters. The monoisotopic (exact) mass is 580 g/mol. The van der Waals surface area contributed by atoms with Gasteiger partial charge in [0.2, 0.25) is 0 Å². The van der Waals surface area contributed by atoms with Crippen LogP contribution in [0.3, 0.4) is 0 Å². The van der Waals surface area contributed by atoms with E-state index in [4.69, 9.17) is 0 Å². The summed E-state index contributed by atoms with van der Waals surface area (Å²) in [6.07, 6.45) is 26.4. The van der Waals surface area contributed by atoms with Crippen LogP contribution in [0.25, 0.3) is 0 Å². The summed E-state index contributed by atoms with van der Waals surface area (Å²) >= 11 is 0. The van der Waals surface area contributed by atoms with Crippen LogP contribution in [0.2, 0.25) is 0 Å². The van der Waals surface area contributed by atoms with Crippen LogP contribution in [0.4, 0.5) is 0 Å². The molecule has 184 valence electrons. The van der Waals surface area contributed by atoms with Crippen LogP contribution in [0.1, 0.15) is 119 Å². The molecule has 0 radical (unpaired) electrons. The Kier molecular flexibility index (Phi) is 53.4. The number of hydrogen-bond donors (Lipinski definition) is 0. The van der Waals surface area contributed by atoms with E-state index < -0.39 is 0 Å². The molecule has 0 saturated carbocycles. The van der Waals surface area contributed by atoms with Crippen molar-refractivity contribution < 1.29 is 45.2 Å². The normalized spacial score (nSPS) is 9.93. The van der Waals surface area contributed by atoms with Crippen molar-refractivity contribution >= 4 is 15.8 Å². The predicted molar refractivity (Wildman–Crippen MR) is 132 cm³/mol. The zero-order valence-corrected chi connectivity index (χ0v) is 25.5. The van der Waals surface area contributed by atoms with Crippen molar-refractivity contribution in [3.63, 3.8) is 0 Å². The summed E-state index contributed by atoms with van der Waals surface area (Å²) in [4.78, 5) is 0. The predicted octanol–water partition coefficient (Wildman–Crippen LogP) is 3.74. The van der Waals surface area contributed by atoms with E-state index in [0.717, 1.165) is 0 Å². The van der Waals surface area contributed by atoms with Gasteiger partial charge in [0.25, 0.3) is 0 Å². The minimum absolute atomic E-state index is 0. The van der Waals surface area contributed by atoms with E-state index in [-0.39, 0.29) is 45.2 Å². The number of unbranched alkanes of at least 4 members (excludes halogenated alkanes) is 6. The van der Waals surface area contributed by atoms with Gasteiger partial charge in [0.05, 0.1) is 0 Å². The fourth-order valence-corrected chi connectivity index (χ4v) is 8.88. The molecule has 0 aromatic carbocycles. The molecule has 5 heteroatoms. The first kappa shape index (κ1) is 41.4. The average Bonchev–Trinajstić information content (AvgIpc) is 2.67. The topological polar surface area (TPSA) is 0 Å². The van der Waals surface area contributed by atoms with Crippen molar-refractivity contribution in [2.45, 2.75) is 119 Å². The van der Waals surface area contributed by atoms with Crippen molar-refractivity contribution in [1.29, 1.82) is 0 Å². The molecule has 0 aliphatic rings. The maximum atomic E-state index is 2.31. The SMILES string of the molecule is CCCCP(CCCC)CCCC.CCCCP(CCCC)CCCC.[Cl-].[Cl-].[Pd+2]. The van der Waals surface area contributed by atoms with Crippen LogP contribution in [0.15, 0.2) is 0 Å². The van der Waals surface area contributed by atoms with Gasteiger partial charge in [-0.2, -0.15) is 0 Å².